The van der Waals surface area contributed by atoms with Crippen molar-refractivity contribution in [2.75, 3.05) is 0 Å². The minimum atomic E-state index is -7.15. The second kappa shape index (κ2) is 6.82. The van der Waals surface area contributed by atoms with Crippen LogP contribution in [-0.2, 0) is 4.79 Å². The predicted octanol–water partition coefficient (Wildman–Crippen LogP) is 5.85. The Morgan fingerprint density at radius 1 is 0.897 bits per heavy atom. The molecule has 1 aromatic carbocycles. The molecule has 1 aromatic rings. The number of hydrogen-bond acceptors (Lipinski definition) is 2. The molecule has 1 aliphatic carbocycles. The van der Waals surface area contributed by atoms with Gasteiger partial charge in [-0.25, -0.2) is 8.78 Å². The van der Waals surface area contributed by atoms with Crippen molar-refractivity contribution in [1.29, 1.82) is 0 Å². The summed E-state index contributed by atoms with van der Waals surface area (Å²) in [5, 5.41) is -0.172. The van der Waals surface area contributed by atoms with E-state index in [0.29, 0.717) is 0 Å². The minimum Gasteiger partial charge on any atom is -0.295 e. The monoisotopic (exact) mass is 522 g/mol. The van der Waals surface area contributed by atoms with Crippen molar-refractivity contribution in [3.8, 4) is 0 Å². The van der Waals surface area contributed by atoms with Crippen LogP contribution in [0.5, 0.6) is 0 Å². The van der Waals surface area contributed by atoms with Gasteiger partial charge in [0, 0.05) is 15.1 Å². The maximum absolute atomic E-state index is 14.6. The van der Waals surface area contributed by atoms with Gasteiger partial charge in [0.15, 0.2) is 11.6 Å². The molecule has 162 valence electrons. The summed E-state index contributed by atoms with van der Waals surface area (Å²) in [6.45, 7) is 0. The van der Waals surface area contributed by atoms with Crippen molar-refractivity contribution in [3.63, 3.8) is 0 Å². The predicted molar refractivity (Wildman–Crippen MR) is 81.6 cm³/mol. The van der Waals surface area contributed by atoms with Crippen molar-refractivity contribution >= 4 is 39.1 Å². The van der Waals surface area contributed by atoms with Gasteiger partial charge in [-0.2, -0.15) is 35.1 Å². The van der Waals surface area contributed by atoms with Crippen LogP contribution in [0, 0.1) is 0 Å². The fraction of sp³-hybridized carbons (Fsp3) is 0.467. The number of benzene rings is 1. The third-order valence-electron chi connectivity index (χ3n) is 4.24. The highest BCUT2D eigenvalue weighted by Gasteiger charge is 2.96. The molecule has 0 spiro atoms. The zero-order valence-electron chi connectivity index (χ0n) is 13.4. The molecule has 1 aliphatic rings. The first-order valence-corrected chi connectivity index (χ1v) is 8.39. The van der Waals surface area contributed by atoms with Crippen molar-refractivity contribution < 1.29 is 53.5 Å². The van der Waals surface area contributed by atoms with Gasteiger partial charge in [0.1, 0.15) is 0 Å². The number of hydrogen-bond donors (Lipinski definition) is 0. The molecule has 14 heteroatoms. The molecule has 0 N–H and O–H groups in total. The molecule has 2 atom stereocenters. The van der Waals surface area contributed by atoms with Crippen LogP contribution in [0.25, 0.3) is 0 Å². The summed E-state index contributed by atoms with van der Waals surface area (Å²) >= 11 is 8.43. The molecule has 0 amide bonds. The molecule has 1 saturated carbocycles. The maximum Gasteiger partial charge on any atom is 0.382 e. The smallest absolute Gasteiger partial charge is 0.295 e. The molecular formula is C15H6BrClF10O2. The van der Waals surface area contributed by atoms with Crippen LogP contribution in [0.2, 0.25) is 5.02 Å². The molecule has 2 nitrogen and oxygen atoms in total. The zero-order chi connectivity index (χ0) is 22.8. The van der Waals surface area contributed by atoms with E-state index >= 15 is 0 Å². The molecule has 1 fully saturated rings. The zero-order valence-corrected chi connectivity index (χ0v) is 15.7. The van der Waals surface area contributed by atoms with Gasteiger partial charge in [-0.1, -0.05) is 27.5 Å². The number of rotatable bonds is 4. The molecule has 0 saturated heterocycles. The lowest BCUT2D eigenvalue weighted by Gasteiger charge is -2.49. The minimum absolute atomic E-state index is 0.0832. The molecule has 0 radical (unpaired) electrons. The summed E-state index contributed by atoms with van der Waals surface area (Å²) in [6, 6.07) is 2.93. The summed E-state index contributed by atoms with van der Waals surface area (Å²) in [4.78, 5) is 23.8. The largest absolute Gasteiger partial charge is 0.382 e. The molecular weight excluding hydrogens is 518 g/mol. The quantitative estimate of drug-likeness (QED) is 0.282. The van der Waals surface area contributed by atoms with Gasteiger partial charge in [-0.3, -0.25) is 9.59 Å². The Hall–Kier alpha value is -1.37. The third kappa shape index (κ3) is 3.06. The molecule has 2 unspecified atom stereocenters. The van der Waals surface area contributed by atoms with Crippen molar-refractivity contribution in [3.05, 3.63) is 33.3 Å². The van der Waals surface area contributed by atoms with E-state index in [0.717, 1.165) is 12.1 Å². The molecule has 0 aromatic heterocycles. The average Bonchev–Trinajstić information content (AvgIpc) is 2.57. The first kappa shape index (κ1) is 23.9. The molecule has 0 heterocycles. The summed E-state index contributed by atoms with van der Waals surface area (Å²) in [5.41, 5.74) is -6.70. The number of Topliss-reactive ketones (excluding diaryl/α,β-unsaturated/α-hetero) is 2. The van der Waals surface area contributed by atoms with Gasteiger partial charge in [0.05, 0.1) is 6.42 Å². The van der Waals surface area contributed by atoms with E-state index in [-0.39, 0.29) is 9.50 Å². The van der Waals surface area contributed by atoms with E-state index < -0.39 is 59.1 Å². The SMILES string of the molecule is O=C(CC(=O)C1(F)C(F)C(F)(F)C(F)(F)C(F)(F)C1(F)F)c1cc(Cl)cc(Br)c1. The van der Waals surface area contributed by atoms with Crippen LogP contribution in [0.1, 0.15) is 16.8 Å². The highest BCUT2D eigenvalue weighted by molar-refractivity contribution is 9.10. The Labute approximate surface area is 168 Å². The lowest BCUT2D eigenvalue weighted by Crippen LogP contribution is -2.81. The first-order valence-electron chi connectivity index (χ1n) is 7.22. The van der Waals surface area contributed by atoms with Crippen LogP contribution in [0.3, 0.4) is 0 Å². The second-order valence-electron chi connectivity index (χ2n) is 6.10. The van der Waals surface area contributed by atoms with Gasteiger partial charge in [0.25, 0.3) is 5.67 Å². The third-order valence-corrected chi connectivity index (χ3v) is 4.92. The number of alkyl halides is 10. The highest BCUT2D eigenvalue weighted by atomic mass is 79.9. The van der Waals surface area contributed by atoms with E-state index in [2.05, 4.69) is 15.9 Å². The molecule has 2 rings (SSSR count). The van der Waals surface area contributed by atoms with E-state index in [1.165, 1.54) is 6.07 Å². The normalized spacial score (nSPS) is 29.3. The fourth-order valence-corrected chi connectivity index (χ4v) is 3.47. The fourth-order valence-electron chi connectivity index (χ4n) is 2.61. The number of carbonyl (C=O) groups excluding carboxylic acids is 2. The van der Waals surface area contributed by atoms with Gasteiger partial charge in [0.2, 0.25) is 6.17 Å². The van der Waals surface area contributed by atoms with Crippen LogP contribution < -0.4 is 0 Å². The molecule has 29 heavy (non-hydrogen) atoms. The Bertz CT molecular complexity index is 854. The standard InChI is InChI=1S/C15H6BrClF10O2/c16-6-1-5(2-7(17)3-6)8(28)4-9(29)11(19)10(18)12(20,21)14(24,25)15(26,27)13(11,22)23/h1-3,10H,4H2. The van der Waals surface area contributed by atoms with E-state index in [1.54, 1.807) is 0 Å². The van der Waals surface area contributed by atoms with Gasteiger partial charge < -0.3 is 0 Å². The van der Waals surface area contributed by atoms with Crippen LogP contribution >= 0.6 is 27.5 Å². The van der Waals surface area contributed by atoms with Gasteiger partial charge >= 0.3 is 23.7 Å². The highest BCUT2D eigenvalue weighted by Crippen LogP contribution is 2.65. The Morgan fingerprint density at radius 3 is 1.90 bits per heavy atom. The number of carbonyl (C=O) groups is 2. The topological polar surface area (TPSA) is 34.1 Å². The maximum atomic E-state index is 14.6. The number of ketones is 2. The van der Waals surface area contributed by atoms with Gasteiger partial charge in [-0.15, -0.1) is 0 Å². The molecule has 0 bridgehead atoms. The van der Waals surface area contributed by atoms with Crippen molar-refractivity contribution in [2.24, 2.45) is 0 Å². The van der Waals surface area contributed by atoms with Crippen molar-refractivity contribution in [1.82, 2.24) is 0 Å². The summed E-state index contributed by atoms with van der Waals surface area (Å²) < 4.78 is 136. The van der Waals surface area contributed by atoms with Crippen molar-refractivity contribution in [2.45, 2.75) is 42.0 Å². The first-order chi connectivity index (χ1) is 12.9. The average molecular weight is 524 g/mol. The Morgan fingerprint density at radius 2 is 1.41 bits per heavy atom. The summed E-state index contributed by atoms with van der Waals surface area (Å²) in [7, 11) is 0. The van der Waals surface area contributed by atoms with Crippen LogP contribution in [0.4, 0.5) is 43.9 Å². The van der Waals surface area contributed by atoms with Gasteiger partial charge in [-0.05, 0) is 18.2 Å². The summed E-state index contributed by atoms with van der Waals surface area (Å²) in [6.07, 6.45) is -7.48. The lowest BCUT2D eigenvalue weighted by molar-refractivity contribution is -0.434. The Kier molecular flexibility index (Phi) is 5.63. The van der Waals surface area contributed by atoms with E-state index in [1.807, 2.05) is 0 Å². The van der Waals surface area contributed by atoms with Crippen LogP contribution in [-0.4, -0.2) is 47.1 Å². The summed E-state index contributed by atoms with van der Waals surface area (Å²) in [5.74, 6) is -32.4. The van der Waals surface area contributed by atoms with E-state index in [9.17, 15) is 53.5 Å². The Balaban J connectivity index is 2.52. The second-order valence-corrected chi connectivity index (χ2v) is 7.45. The lowest BCUT2D eigenvalue weighted by atomic mass is 9.71. The van der Waals surface area contributed by atoms with Crippen LogP contribution in [0.15, 0.2) is 22.7 Å². The number of halogens is 12. The molecule has 0 aliphatic heterocycles. The van der Waals surface area contributed by atoms with E-state index in [4.69, 9.17) is 11.6 Å².